The topological polar surface area (TPSA) is 163 Å². The second-order valence-electron chi connectivity index (χ2n) is 5.09. The van der Waals surface area contributed by atoms with Crippen LogP contribution in [-0.4, -0.2) is 36.5 Å². The summed E-state index contributed by atoms with van der Waals surface area (Å²) in [6.07, 6.45) is -1.81. The van der Waals surface area contributed by atoms with Crippen LogP contribution in [0.3, 0.4) is 0 Å². The van der Waals surface area contributed by atoms with E-state index >= 15 is 0 Å². The van der Waals surface area contributed by atoms with Gasteiger partial charge in [0.05, 0.1) is 12.1 Å². The van der Waals surface area contributed by atoms with Crippen molar-refractivity contribution in [2.45, 2.75) is 31.3 Å². The van der Waals surface area contributed by atoms with Crippen molar-refractivity contribution in [1.82, 2.24) is 10.6 Å². The molecule has 10 heteroatoms. The van der Waals surface area contributed by atoms with Gasteiger partial charge < -0.3 is 31.6 Å². The lowest BCUT2D eigenvalue weighted by molar-refractivity contribution is 0.137. The van der Waals surface area contributed by atoms with Crippen LogP contribution in [0, 0.1) is 11.8 Å². The van der Waals surface area contributed by atoms with Gasteiger partial charge in [-0.3, -0.25) is 0 Å². The summed E-state index contributed by atoms with van der Waals surface area (Å²) < 4.78 is 8.42. The molecule has 10 nitrogen and oxygen atoms in total. The zero-order chi connectivity index (χ0) is 15.6. The van der Waals surface area contributed by atoms with E-state index < -0.39 is 36.5 Å². The summed E-state index contributed by atoms with van der Waals surface area (Å²) in [6.45, 7) is 0. The Labute approximate surface area is 119 Å². The third-order valence-corrected chi connectivity index (χ3v) is 3.87. The molecule has 4 atom stereocenters. The van der Waals surface area contributed by atoms with E-state index in [0.29, 0.717) is 0 Å². The number of carbonyl (C=O) groups is 4. The van der Waals surface area contributed by atoms with Gasteiger partial charge >= 0.3 is 24.4 Å². The molecular weight excluding hydrogens is 284 g/mol. The van der Waals surface area contributed by atoms with Gasteiger partial charge in [0.15, 0.2) is 0 Å². The summed E-state index contributed by atoms with van der Waals surface area (Å²) in [6, 6.07) is -0.841. The lowest BCUT2D eigenvalue weighted by Crippen LogP contribution is -2.55. The van der Waals surface area contributed by atoms with Gasteiger partial charge in [-0.2, -0.15) is 0 Å². The van der Waals surface area contributed by atoms with E-state index in [0.717, 1.165) is 19.3 Å². The number of amides is 4. The second-order valence-corrected chi connectivity index (χ2v) is 5.09. The predicted octanol–water partition coefficient (Wildman–Crippen LogP) is -0.237. The molecule has 2 aliphatic rings. The Kier molecular flexibility index (Phi) is 4.15. The van der Waals surface area contributed by atoms with Crippen molar-refractivity contribution in [2.75, 3.05) is 0 Å². The van der Waals surface area contributed by atoms with E-state index in [4.69, 9.17) is 11.5 Å². The van der Waals surface area contributed by atoms with E-state index in [1.807, 2.05) is 0 Å². The van der Waals surface area contributed by atoms with Gasteiger partial charge in [0.2, 0.25) is 0 Å². The minimum atomic E-state index is -1.21. The normalized spacial score (nSPS) is 29.5. The fourth-order valence-corrected chi connectivity index (χ4v) is 3.22. The van der Waals surface area contributed by atoms with Crippen molar-refractivity contribution in [2.24, 2.45) is 23.3 Å². The van der Waals surface area contributed by atoms with Crippen LogP contribution < -0.4 is 22.1 Å². The Morgan fingerprint density at radius 1 is 0.810 bits per heavy atom. The number of alkyl carbamates (subject to hydrolysis) is 2. The van der Waals surface area contributed by atoms with Crippen LogP contribution in [0.5, 0.6) is 0 Å². The van der Waals surface area contributed by atoms with E-state index in [1.165, 1.54) is 0 Å². The Hall–Kier alpha value is -2.52. The molecule has 4 unspecified atom stereocenters. The summed E-state index contributed by atoms with van der Waals surface area (Å²) in [5, 5.41) is 5.00. The van der Waals surface area contributed by atoms with Crippen LogP contribution >= 0.6 is 0 Å². The highest BCUT2D eigenvalue weighted by Gasteiger charge is 2.49. The first-order valence-corrected chi connectivity index (χ1v) is 6.42. The smallest absolute Gasteiger partial charge is 0.360 e. The number of primary amides is 2. The number of carbonyl (C=O) groups excluding carboxylic acids is 4. The van der Waals surface area contributed by atoms with Crippen LogP contribution in [0.15, 0.2) is 0 Å². The summed E-state index contributed by atoms with van der Waals surface area (Å²) in [7, 11) is 0. The van der Waals surface area contributed by atoms with Gasteiger partial charge in [0.25, 0.3) is 0 Å². The summed E-state index contributed by atoms with van der Waals surface area (Å²) in [5.74, 6) is 0.295. The van der Waals surface area contributed by atoms with Crippen molar-refractivity contribution >= 4 is 24.4 Å². The Morgan fingerprint density at radius 2 is 1.19 bits per heavy atom. The van der Waals surface area contributed by atoms with Crippen LogP contribution in [0.1, 0.15) is 19.3 Å². The van der Waals surface area contributed by atoms with Gasteiger partial charge in [-0.25, -0.2) is 19.2 Å². The highest BCUT2D eigenvalue weighted by Crippen LogP contribution is 2.44. The standard InChI is InChI=1S/C11H16N4O6/c12-8(16)20-10(18)14-6-4-1-2-5(3-4)7(6)15-11(19)21-9(13)17/h4-7H,1-3H2,(H2,12,16)(H2,13,17)(H,14,18)(H,15,19). The molecule has 0 aromatic heterocycles. The average Bonchev–Trinajstić information content (AvgIpc) is 2.90. The van der Waals surface area contributed by atoms with Crippen molar-refractivity contribution in [1.29, 1.82) is 0 Å². The molecule has 2 bridgehead atoms. The monoisotopic (exact) mass is 300 g/mol. The average molecular weight is 300 g/mol. The van der Waals surface area contributed by atoms with Crippen molar-refractivity contribution in [3.05, 3.63) is 0 Å². The molecule has 6 N–H and O–H groups in total. The fraction of sp³-hybridized carbons (Fsp3) is 0.636. The molecule has 0 saturated heterocycles. The zero-order valence-electron chi connectivity index (χ0n) is 11.0. The number of nitrogens with one attached hydrogen (secondary N) is 2. The molecule has 2 rings (SSSR count). The van der Waals surface area contributed by atoms with Crippen LogP contribution in [0.4, 0.5) is 19.2 Å². The minimum absolute atomic E-state index is 0.148. The number of fused-ring (bicyclic) bond motifs is 2. The van der Waals surface area contributed by atoms with Crippen molar-refractivity contribution < 1.29 is 28.7 Å². The SMILES string of the molecule is NC(=O)OC(=O)NC1C2CCC(C2)C1NC(=O)OC(N)=O. The van der Waals surface area contributed by atoms with Gasteiger partial charge in [-0.05, 0) is 31.1 Å². The molecule has 0 spiro atoms. The molecule has 2 fully saturated rings. The highest BCUT2D eigenvalue weighted by molar-refractivity contribution is 5.83. The Bertz CT molecular complexity index is 439. The van der Waals surface area contributed by atoms with Gasteiger partial charge in [-0.1, -0.05) is 0 Å². The fourth-order valence-electron chi connectivity index (χ4n) is 3.22. The molecule has 0 radical (unpaired) electrons. The van der Waals surface area contributed by atoms with Crippen LogP contribution in [0.2, 0.25) is 0 Å². The van der Waals surface area contributed by atoms with Gasteiger partial charge in [0.1, 0.15) is 0 Å². The third kappa shape index (κ3) is 3.52. The van der Waals surface area contributed by atoms with Crippen LogP contribution in [-0.2, 0) is 9.47 Å². The van der Waals surface area contributed by atoms with E-state index in [1.54, 1.807) is 0 Å². The van der Waals surface area contributed by atoms with E-state index in [-0.39, 0.29) is 11.8 Å². The maximum absolute atomic E-state index is 11.4. The first-order valence-electron chi connectivity index (χ1n) is 6.42. The molecule has 0 aromatic rings. The van der Waals surface area contributed by atoms with Crippen molar-refractivity contribution in [3.63, 3.8) is 0 Å². The number of nitrogens with two attached hydrogens (primary N) is 2. The summed E-state index contributed by atoms with van der Waals surface area (Å²) in [4.78, 5) is 43.9. The number of ether oxygens (including phenoxy) is 2. The molecule has 2 saturated carbocycles. The van der Waals surface area contributed by atoms with Gasteiger partial charge in [0, 0.05) is 0 Å². The Balaban J connectivity index is 1.97. The zero-order valence-corrected chi connectivity index (χ0v) is 11.0. The Morgan fingerprint density at radius 3 is 1.52 bits per heavy atom. The highest BCUT2D eigenvalue weighted by atomic mass is 16.6. The molecule has 4 amide bonds. The summed E-state index contributed by atoms with van der Waals surface area (Å²) in [5.41, 5.74) is 9.50. The molecular formula is C11H16N4O6. The second kappa shape index (κ2) is 5.85. The lowest BCUT2D eigenvalue weighted by Gasteiger charge is -2.31. The summed E-state index contributed by atoms with van der Waals surface area (Å²) >= 11 is 0. The maximum atomic E-state index is 11.4. The molecule has 0 heterocycles. The molecule has 116 valence electrons. The predicted molar refractivity (Wildman–Crippen MR) is 66.8 cm³/mol. The van der Waals surface area contributed by atoms with Crippen molar-refractivity contribution in [3.8, 4) is 0 Å². The number of hydrogen-bond acceptors (Lipinski definition) is 6. The van der Waals surface area contributed by atoms with Gasteiger partial charge in [-0.15, -0.1) is 0 Å². The first-order chi connectivity index (χ1) is 9.86. The largest absolute Gasteiger partial charge is 0.416 e. The van der Waals surface area contributed by atoms with E-state index in [2.05, 4.69) is 20.1 Å². The molecule has 21 heavy (non-hydrogen) atoms. The third-order valence-electron chi connectivity index (χ3n) is 3.87. The number of rotatable bonds is 2. The quantitative estimate of drug-likeness (QED) is 0.514. The number of hydrogen-bond donors (Lipinski definition) is 4. The van der Waals surface area contributed by atoms with E-state index in [9.17, 15) is 19.2 Å². The molecule has 0 aliphatic heterocycles. The lowest BCUT2D eigenvalue weighted by atomic mass is 9.90. The van der Waals surface area contributed by atoms with Crippen LogP contribution in [0.25, 0.3) is 0 Å². The molecule has 0 aromatic carbocycles. The minimum Gasteiger partial charge on any atom is -0.360 e. The molecule has 2 aliphatic carbocycles. The first kappa shape index (κ1) is 14.9. The maximum Gasteiger partial charge on any atom is 0.416 e.